The molecule has 1 amide bonds. The standard InChI is InChI=1S/C19H17N3O8S2/c1-11-6-16(20-10-23)17(30-2)9-15(11)22-21-12-7-14-13(19(8-12)32(27,28)29)4-3-5-18(14)31(24,25)26/h3-10H,1-2H3,(H,20,23)(H,24,25,26)(H,27,28,29). The number of nitrogens with one attached hydrogen (secondary N) is 1. The smallest absolute Gasteiger partial charge is 0.295 e. The van der Waals surface area contributed by atoms with Crippen molar-refractivity contribution in [2.75, 3.05) is 12.4 Å². The quantitative estimate of drug-likeness (QED) is 0.262. The lowest BCUT2D eigenvalue weighted by molar-refractivity contribution is -0.105. The molecule has 0 heterocycles. The summed E-state index contributed by atoms with van der Waals surface area (Å²) < 4.78 is 71.6. The number of amides is 1. The van der Waals surface area contributed by atoms with Gasteiger partial charge in [0.15, 0.2) is 0 Å². The van der Waals surface area contributed by atoms with E-state index < -0.39 is 30.0 Å². The van der Waals surface area contributed by atoms with Gasteiger partial charge in [0.1, 0.15) is 15.5 Å². The van der Waals surface area contributed by atoms with Gasteiger partial charge in [-0.1, -0.05) is 12.1 Å². The number of anilines is 1. The predicted molar refractivity (Wildman–Crippen MR) is 115 cm³/mol. The molecule has 0 saturated heterocycles. The average molecular weight is 479 g/mol. The van der Waals surface area contributed by atoms with Gasteiger partial charge in [-0.15, -0.1) is 0 Å². The summed E-state index contributed by atoms with van der Waals surface area (Å²) in [7, 11) is -8.08. The third-order valence-electron chi connectivity index (χ3n) is 4.46. The minimum absolute atomic E-state index is 0.102. The van der Waals surface area contributed by atoms with Crippen molar-refractivity contribution in [1.82, 2.24) is 0 Å². The van der Waals surface area contributed by atoms with E-state index in [0.717, 1.165) is 12.1 Å². The number of hydrogen-bond acceptors (Lipinski definition) is 8. The largest absolute Gasteiger partial charge is 0.494 e. The van der Waals surface area contributed by atoms with Crippen LogP contribution in [0.3, 0.4) is 0 Å². The monoisotopic (exact) mass is 479 g/mol. The second kappa shape index (κ2) is 8.63. The first-order valence-electron chi connectivity index (χ1n) is 8.78. The van der Waals surface area contributed by atoms with E-state index >= 15 is 0 Å². The molecule has 3 rings (SSSR count). The van der Waals surface area contributed by atoms with Gasteiger partial charge >= 0.3 is 0 Å². The van der Waals surface area contributed by atoms with Crippen LogP contribution in [0.25, 0.3) is 10.8 Å². The minimum atomic E-state index is -4.77. The van der Waals surface area contributed by atoms with E-state index in [1.807, 2.05) is 0 Å². The number of aryl methyl sites for hydroxylation is 1. The number of benzene rings is 3. The lowest BCUT2D eigenvalue weighted by Gasteiger charge is -2.10. The highest BCUT2D eigenvalue weighted by Crippen LogP contribution is 2.36. The van der Waals surface area contributed by atoms with Gasteiger partial charge in [0.05, 0.1) is 24.2 Å². The van der Waals surface area contributed by atoms with E-state index in [1.165, 1.54) is 31.4 Å². The van der Waals surface area contributed by atoms with Crippen LogP contribution in [0.5, 0.6) is 5.75 Å². The van der Waals surface area contributed by atoms with Crippen molar-refractivity contribution in [2.45, 2.75) is 16.7 Å². The minimum Gasteiger partial charge on any atom is -0.494 e. The fourth-order valence-corrected chi connectivity index (χ4v) is 4.47. The van der Waals surface area contributed by atoms with Gasteiger partial charge in [-0.2, -0.15) is 27.1 Å². The van der Waals surface area contributed by atoms with E-state index in [4.69, 9.17) is 4.74 Å². The molecule has 11 nitrogen and oxygen atoms in total. The Morgan fingerprint density at radius 1 is 0.938 bits per heavy atom. The third-order valence-corrected chi connectivity index (χ3v) is 6.27. The molecule has 13 heteroatoms. The molecule has 0 unspecified atom stereocenters. The molecule has 0 fully saturated rings. The molecule has 0 atom stereocenters. The number of carbonyl (C=O) groups excluding carboxylic acids is 1. The number of rotatable bonds is 7. The number of methoxy groups -OCH3 is 1. The summed E-state index contributed by atoms with van der Waals surface area (Å²) in [5.41, 5.74) is 1.20. The molecule has 0 saturated carbocycles. The van der Waals surface area contributed by atoms with Crippen LogP contribution in [-0.4, -0.2) is 39.5 Å². The van der Waals surface area contributed by atoms with Crippen molar-refractivity contribution in [2.24, 2.45) is 10.2 Å². The van der Waals surface area contributed by atoms with E-state index in [0.29, 0.717) is 29.1 Å². The number of hydrogen-bond donors (Lipinski definition) is 3. The SMILES string of the molecule is COc1cc(N=Nc2cc(S(=O)(=O)O)c3cccc(S(=O)(=O)O)c3c2)c(C)cc1NC=O. The molecular weight excluding hydrogens is 462 g/mol. The zero-order valence-corrected chi connectivity index (χ0v) is 18.3. The van der Waals surface area contributed by atoms with Crippen LogP contribution >= 0.6 is 0 Å². The average Bonchev–Trinajstić information content (AvgIpc) is 2.71. The third kappa shape index (κ3) is 4.75. The van der Waals surface area contributed by atoms with Crippen molar-refractivity contribution >= 4 is 54.5 Å². The lowest BCUT2D eigenvalue weighted by atomic mass is 10.1. The van der Waals surface area contributed by atoms with Crippen LogP contribution < -0.4 is 10.1 Å². The molecule has 0 aliphatic rings. The molecule has 32 heavy (non-hydrogen) atoms. The van der Waals surface area contributed by atoms with Crippen LogP contribution in [-0.2, 0) is 25.0 Å². The van der Waals surface area contributed by atoms with Gasteiger partial charge in [-0.05, 0) is 36.8 Å². The summed E-state index contributed by atoms with van der Waals surface area (Å²) in [4.78, 5) is 9.57. The van der Waals surface area contributed by atoms with Crippen molar-refractivity contribution in [1.29, 1.82) is 0 Å². The summed E-state index contributed by atoms with van der Waals surface area (Å²) in [6.45, 7) is 1.68. The van der Waals surface area contributed by atoms with Gasteiger partial charge in [-0.3, -0.25) is 13.9 Å². The maximum Gasteiger partial charge on any atom is 0.295 e. The molecule has 3 aromatic rings. The molecule has 168 valence electrons. The van der Waals surface area contributed by atoms with Crippen molar-refractivity contribution in [3.8, 4) is 5.75 Å². The molecular formula is C19H17N3O8S2. The summed E-state index contributed by atoms with van der Waals surface area (Å²) in [6, 6.07) is 8.89. The first kappa shape index (κ1) is 23.3. The van der Waals surface area contributed by atoms with Gasteiger partial charge in [0.2, 0.25) is 6.41 Å². The number of fused-ring (bicyclic) bond motifs is 1. The number of nitrogens with zero attached hydrogens (tertiary/aromatic N) is 2. The summed E-state index contributed by atoms with van der Waals surface area (Å²) in [5.74, 6) is 0.294. The second-order valence-electron chi connectivity index (χ2n) is 6.55. The van der Waals surface area contributed by atoms with E-state index in [1.54, 1.807) is 13.0 Å². The molecule has 0 aliphatic carbocycles. The normalized spacial score (nSPS) is 12.2. The molecule has 3 aromatic carbocycles. The zero-order chi connectivity index (χ0) is 23.7. The van der Waals surface area contributed by atoms with Gasteiger partial charge in [-0.25, -0.2) is 0 Å². The Hall–Kier alpha value is -3.39. The van der Waals surface area contributed by atoms with E-state index in [2.05, 4.69) is 15.5 Å². The molecule has 3 N–H and O–H groups in total. The highest BCUT2D eigenvalue weighted by Gasteiger charge is 2.21. The van der Waals surface area contributed by atoms with Crippen LogP contribution in [0.1, 0.15) is 5.56 Å². The highest BCUT2D eigenvalue weighted by molar-refractivity contribution is 7.86. The Bertz CT molecular complexity index is 1470. The Morgan fingerprint density at radius 3 is 2.22 bits per heavy atom. The number of ether oxygens (including phenoxy) is 1. The Balaban J connectivity index is 2.22. The summed E-state index contributed by atoms with van der Waals surface area (Å²) >= 11 is 0. The number of carbonyl (C=O) groups is 1. The highest BCUT2D eigenvalue weighted by atomic mass is 32.2. The fraction of sp³-hybridized carbons (Fsp3) is 0.105. The van der Waals surface area contributed by atoms with Crippen molar-refractivity contribution in [3.05, 3.63) is 48.0 Å². The molecule has 0 spiro atoms. The fourth-order valence-electron chi connectivity index (χ4n) is 3.05. The first-order chi connectivity index (χ1) is 15.0. The zero-order valence-electron chi connectivity index (χ0n) is 16.7. The Labute approximate surface area is 183 Å². The molecule has 0 radical (unpaired) electrons. The first-order valence-corrected chi connectivity index (χ1v) is 11.7. The van der Waals surface area contributed by atoms with Crippen LogP contribution in [0.4, 0.5) is 17.1 Å². The van der Waals surface area contributed by atoms with Crippen LogP contribution in [0.15, 0.2) is 62.5 Å². The van der Waals surface area contributed by atoms with Crippen molar-refractivity contribution < 1.29 is 35.5 Å². The predicted octanol–water partition coefficient (Wildman–Crippen LogP) is 3.63. The molecule has 0 aromatic heterocycles. The Morgan fingerprint density at radius 2 is 1.62 bits per heavy atom. The van der Waals surface area contributed by atoms with E-state index in [-0.39, 0.29) is 16.5 Å². The second-order valence-corrected chi connectivity index (χ2v) is 9.33. The summed E-state index contributed by atoms with van der Waals surface area (Å²) in [5, 5.41) is 10.2. The van der Waals surface area contributed by atoms with Gasteiger partial charge in [0, 0.05) is 16.8 Å². The number of azo groups is 1. The maximum atomic E-state index is 11.9. The van der Waals surface area contributed by atoms with Gasteiger partial charge < -0.3 is 10.1 Å². The van der Waals surface area contributed by atoms with E-state index in [9.17, 15) is 30.7 Å². The maximum absolute atomic E-state index is 11.9. The topological polar surface area (TPSA) is 172 Å². The molecule has 0 bridgehead atoms. The van der Waals surface area contributed by atoms with Crippen LogP contribution in [0, 0.1) is 6.92 Å². The summed E-state index contributed by atoms with van der Waals surface area (Å²) in [6.07, 6.45) is 0.483. The lowest BCUT2D eigenvalue weighted by Crippen LogP contribution is -2.03. The van der Waals surface area contributed by atoms with Gasteiger partial charge in [0.25, 0.3) is 20.2 Å². The van der Waals surface area contributed by atoms with Crippen LogP contribution in [0.2, 0.25) is 0 Å². The Kier molecular flexibility index (Phi) is 6.27. The molecule has 0 aliphatic heterocycles. The van der Waals surface area contributed by atoms with Crippen molar-refractivity contribution in [3.63, 3.8) is 0 Å².